The van der Waals surface area contributed by atoms with Gasteiger partial charge in [0.15, 0.2) is 0 Å². The van der Waals surface area contributed by atoms with E-state index in [1.807, 2.05) is 24.0 Å². The zero-order chi connectivity index (χ0) is 13.0. The summed E-state index contributed by atoms with van der Waals surface area (Å²) in [5, 5.41) is 0. The Morgan fingerprint density at radius 2 is 2.33 bits per heavy atom. The standard InChI is InChI=1S/C13H18ClN3S/c1-3-18-7-5-10(2)17-12-4-6-15-9-11(12)16-13(17)8-14/h4,6,9-10H,3,5,7-8H2,1-2H3. The predicted molar refractivity (Wildman–Crippen MR) is 79.4 cm³/mol. The molecule has 0 aromatic carbocycles. The number of hydrogen-bond donors (Lipinski definition) is 0. The predicted octanol–water partition coefficient (Wildman–Crippen LogP) is 3.87. The van der Waals surface area contributed by atoms with Gasteiger partial charge in [-0.2, -0.15) is 11.8 Å². The summed E-state index contributed by atoms with van der Waals surface area (Å²) in [6.45, 7) is 4.42. The first-order chi connectivity index (χ1) is 8.77. The molecule has 0 fully saturated rings. The van der Waals surface area contributed by atoms with Crippen molar-refractivity contribution < 1.29 is 0 Å². The van der Waals surface area contributed by atoms with Crippen LogP contribution in [0.2, 0.25) is 0 Å². The second-order valence-electron chi connectivity index (χ2n) is 4.23. The van der Waals surface area contributed by atoms with Crippen LogP contribution in [0.15, 0.2) is 18.5 Å². The van der Waals surface area contributed by atoms with Gasteiger partial charge in [-0.1, -0.05) is 6.92 Å². The first-order valence-electron chi connectivity index (χ1n) is 6.22. The Bertz CT molecular complexity index is 512. The summed E-state index contributed by atoms with van der Waals surface area (Å²) in [4.78, 5) is 8.66. The molecule has 18 heavy (non-hydrogen) atoms. The van der Waals surface area contributed by atoms with Gasteiger partial charge in [0.25, 0.3) is 0 Å². The van der Waals surface area contributed by atoms with Crippen molar-refractivity contribution in [3.8, 4) is 0 Å². The second-order valence-corrected chi connectivity index (χ2v) is 5.89. The number of hydrogen-bond acceptors (Lipinski definition) is 3. The van der Waals surface area contributed by atoms with Crippen molar-refractivity contribution in [1.82, 2.24) is 14.5 Å². The van der Waals surface area contributed by atoms with E-state index < -0.39 is 0 Å². The fraction of sp³-hybridized carbons (Fsp3) is 0.538. The summed E-state index contributed by atoms with van der Waals surface area (Å²) >= 11 is 7.97. The molecule has 5 heteroatoms. The largest absolute Gasteiger partial charge is 0.324 e. The van der Waals surface area contributed by atoms with Crippen LogP contribution in [-0.2, 0) is 5.88 Å². The Hall–Kier alpha value is -0.740. The summed E-state index contributed by atoms with van der Waals surface area (Å²) in [7, 11) is 0. The number of thioether (sulfide) groups is 1. The second kappa shape index (κ2) is 6.43. The highest BCUT2D eigenvalue weighted by Gasteiger charge is 2.14. The number of alkyl halides is 1. The van der Waals surface area contributed by atoms with Crippen LogP contribution in [-0.4, -0.2) is 26.0 Å². The van der Waals surface area contributed by atoms with E-state index in [9.17, 15) is 0 Å². The molecule has 0 saturated heterocycles. The minimum Gasteiger partial charge on any atom is -0.324 e. The lowest BCUT2D eigenvalue weighted by Crippen LogP contribution is -2.09. The Kier molecular flexibility index (Phi) is 4.89. The molecule has 0 aliphatic carbocycles. The molecular weight excluding hydrogens is 266 g/mol. The van der Waals surface area contributed by atoms with Crippen LogP contribution in [0.4, 0.5) is 0 Å². The highest BCUT2D eigenvalue weighted by molar-refractivity contribution is 7.99. The molecule has 3 nitrogen and oxygen atoms in total. The SMILES string of the molecule is CCSCCC(C)n1c(CCl)nc2cnccc21. The molecule has 1 unspecified atom stereocenters. The summed E-state index contributed by atoms with van der Waals surface area (Å²) in [5.41, 5.74) is 2.07. The van der Waals surface area contributed by atoms with Crippen LogP contribution in [0.5, 0.6) is 0 Å². The number of nitrogens with zero attached hydrogens (tertiary/aromatic N) is 3. The maximum atomic E-state index is 6.00. The van der Waals surface area contributed by atoms with Gasteiger partial charge >= 0.3 is 0 Å². The van der Waals surface area contributed by atoms with E-state index in [0.717, 1.165) is 23.3 Å². The van der Waals surface area contributed by atoms with Crippen LogP contribution in [0, 0.1) is 0 Å². The zero-order valence-corrected chi connectivity index (χ0v) is 12.3. The minimum atomic E-state index is 0.421. The number of fused-ring (bicyclic) bond motifs is 1. The van der Waals surface area contributed by atoms with E-state index in [2.05, 4.69) is 28.4 Å². The van der Waals surface area contributed by atoms with Crippen molar-refractivity contribution in [3.63, 3.8) is 0 Å². The molecular formula is C13H18ClN3S. The fourth-order valence-electron chi connectivity index (χ4n) is 2.11. The van der Waals surface area contributed by atoms with E-state index in [1.165, 1.54) is 11.5 Å². The number of rotatable bonds is 6. The number of halogens is 1. The number of pyridine rings is 1. The quantitative estimate of drug-likeness (QED) is 0.595. The van der Waals surface area contributed by atoms with Gasteiger partial charge in [0, 0.05) is 12.2 Å². The van der Waals surface area contributed by atoms with Gasteiger partial charge in [0.1, 0.15) is 11.3 Å². The van der Waals surface area contributed by atoms with E-state index >= 15 is 0 Å². The smallest absolute Gasteiger partial charge is 0.125 e. The third-order valence-corrected chi connectivity index (χ3v) is 4.18. The molecule has 2 rings (SSSR count). The highest BCUT2D eigenvalue weighted by atomic mass is 35.5. The third kappa shape index (κ3) is 2.81. The first kappa shape index (κ1) is 13.7. The summed E-state index contributed by atoms with van der Waals surface area (Å²) in [6.07, 6.45) is 4.75. The molecule has 0 spiro atoms. The highest BCUT2D eigenvalue weighted by Crippen LogP contribution is 2.24. The Balaban J connectivity index is 2.29. The maximum absolute atomic E-state index is 6.00. The molecule has 0 radical (unpaired) electrons. The number of aromatic nitrogens is 3. The Morgan fingerprint density at radius 3 is 3.06 bits per heavy atom. The molecule has 0 saturated carbocycles. The van der Waals surface area contributed by atoms with Crippen LogP contribution >= 0.6 is 23.4 Å². The first-order valence-corrected chi connectivity index (χ1v) is 7.91. The van der Waals surface area contributed by atoms with Crippen LogP contribution < -0.4 is 0 Å². The lowest BCUT2D eigenvalue weighted by molar-refractivity contribution is 0.534. The van der Waals surface area contributed by atoms with Gasteiger partial charge in [0.05, 0.1) is 17.6 Å². The van der Waals surface area contributed by atoms with Gasteiger partial charge in [-0.25, -0.2) is 4.98 Å². The molecule has 0 aliphatic heterocycles. The Morgan fingerprint density at radius 1 is 1.50 bits per heavy atom. The van der Waals surface area contributed by atoms with E-state index in [-0.39, 0.29) is 0 Å². The molecule has 0 bridgehead atoms. The van der Waals surface area contributed by atoms with Gasteiger partial charge in [-0.3, -0.25) is 4.98 Å². The number of imidazole rings is 1. The summed E-state index contributed by atoms with van der Waals surface area (Å²) < 4.78 is 2.25. The fourth-order valence-corrected chi connectivity index (χ4v) is 3.10. The Labute approximate surface area is 117 Å². The van der Waals surface area contributed by atoms with Crippen molar-refractivity contribution in [2.75, 3.05) is 11.5 Å². The topological polar surface area (TPSA) is 30.7 Å². The molecule has 0 amide bonds. The van der Waals surface area contributed by atoms with Gasteiger partial charge in [-0.05, 0) is 30.9 Å². The lowest BCUT2D eigenvalue weighted by atomic mass is 10.2. The van der Waals surface area contributed by atoms with Gasteiger partial charge in [0.2, 0.25) is 0 Å². The van der Waals surface area contributed by atoms with E-state index in [1.54, 1.807) is 6.20 Å². The summed E-state index contributed by atoms with van der Waals surface area (Å²) in [5.74, 6) is 3.72. The van der Waals surface area contributed by atoms with Crippen LogP contribution in [0.25, 0.3) is 11.0 Å². The monoisotopic (exact) mass is 283 g/mol. The molecule has 0 N–H and O–H groups in total. The molecule has 0 aliphatic rings. The average molecular weight is 284 g/mol. The zero-order valence-electron chi connectivity index (χ0n) is 10.8. The van der Waals surface area contributed by atoms with Gasteiger partial charge in [-0.15, -0.1) is 11.6 Å². The van der Waals surface area contributed by atoms with Gasteiger partial charge < -0.3 is 4.57 Å². The molecule has 2 heterocycles. The average Bonchev–Trinajstić information content (AvgIpc) is 2.77. The third-order valence-electron chi connectivity index (χ3n) is 3.01. The van der Waals surface area contributed by atoms with Crippen molar-refractivity contribution in [2.45, 2.75) is 32.2 Å². The van der Waals surface area contributed by atoms with Crippen molar-refractivity contribution in [3.05, 3.63) is 24.3 Å². The normalized spacial score (nSPS) is 13.1. The maximum Gasteiger partial charge on any atom is 0.125 e. The van der Waals surface area contributed by atoms with Crippen molar-refractivity contribution in [1.29, 1.82) is 0 Å². The van der Waals surface area contributed by atoms with E-state index in [4.69, 9.17) is 11.6 Å². The van der Waals surface area contributed by atoms with Crippen molar-refractivity contribution >= 4 is 34.4 Å². The lowest BCUT2D eigenvalue weighted by Gasteiger charge is -2.16. The minimum absolute atomic E-state index is 0.421. The van der Waals surface area contributed by atoms with Crippen LogP contribution in [0.3, 0.4) is 0 Å². The molecule has 2 aromatic heterocycles. The molecule has 2 aromatic rings. The molecule has 1 atom stereocenters. The summed E-state index contributed by atoms with van der Waals surface area (Å²) in [6, 6.07) is 2.44. The van der Waals surface area contributed by atoms with E-state index in [0.29, 0.717) is 11.9 Å². The van der Waals surface area contributed by atoms with Crippen LogP contribution in [0.1, 0.15) is 32.1 Å². The molecule has 98 valence electrons. The van der Waals surface area contributed by atoms with Crippen molar-refractivity contribution in [2.24, 2.45) is 0 Å².